The van der Waals surface area contributed by atoms with Crippen molar-refractivity contribution in [2.45, 2.75) is 39.2 Å². The number of nitrogens with one attached hydrogen (secondary N) is 1. The minimum Gasteiger partial charge on any atom is -0.365 e. The molecule has 1 fully saturated rings. The summed E-state index contributed by atoms with van der Waals surface area (Å²) in [7, 11) is 0. The minimum absolute atomic E-state index is 0.405. The van der Waals surface area contributed by atoms with Gasteiger partial charge < -0.3 is 16.0 Å². The molecule has 0 bridgehead atoms. The van der Waals surface area contributed by atoms with Crippen LogP contribution in [0.15, 0.2) is 18.3 Å². The summed E-state index contributed by atoms with van der Waals surface area (Å²) in [5.74, 6) is 0.905. The molecule has 2 atom stereocenters. The number of carbonyl (C=O) groups excluding carboxylic acids is 1. The lowest BCUT2D eigenvalue weighted by Gasteiger charge is -2.37. The molecule has 21 heavy (non-hydrogen) atoms. The standard InChI is InChI=1S/C16H26N4O/c1-3-8-18-12(2)13-6-5-10-20(11-13)16-14(15(17)21)7-4-9-19-16/h4,7,9,12-13,18H,3,5-6,8,10-11H2,1-2H3,(H2,17,21). The number of primary amides is 1. The number of piperidine rings is 1. The molecule has 2 unspecified atom stereocenters. The van der Waals surface area contributed by atoms with Crippen LogP contribution < -0.4 is 16.0 Å². The molecule has 0 radical (unpaired) electrons. The monoisotopic (exact) mass is 290 g/mol. The van der Waals surface area contributed by atoms with Gasteiger partial charge in [-0.1, -0.05) is 6.92 Å². The molecular formula is C16H26N4O. The predicted octanol–water partition coefficient (Wildman–Crippen LogP) is 1.78. The Labute approximate surface area is 126 Å². The van der Waals surface area contributed by atoms with Gasteiger partial charge in [-0.15, -0.1) is 0 Å². The zero-order valence-electron chi connectivity index (χ0n) is 13.0. The van der Waals surface area contributed by atoms with Gasteiger partial charge >= 0.3 is 0 Å². The van der Waals surface area contributed by atoms with Gasteiger partial charge in [-0.05, 0) is 50.8 Å². The van der Waals surface area contributed by atoms with Crippen LogP contribution in [-0.4, -0.2) is 36.6 Å². The van der Waals surface area contributed by atoms with Crippen LogP contribution in [-0.2, 0) is 0 Å². The van der Waals surface area contributed by atoms with Crippen molar-refractivity contribution in [2.24, 2.45) is 11.7 Å². The van der Waals surface area contributed by atoms with E-state index in [1.807, 2.05) is 0 Å². The Hall–Kier alpha value is -1.62. The first-order valence-corrected chi connectivity index (χ1v) is 7.86. The Balaban J connectivity index is 2.09. The molecule has 2 heterocycles. The van der Waals surface area contributed by atoms with Crippen LogP contribution in [0.4, 0.5) is 5.82 Å². The van der Waals surface area contributed by atoms with Gasteiger partial charge in [0.25, 0.3) is 5.91 Å². The molecule has 0 spiro atoms. The fourth-order valence-corrected chi connectivity index (χ4v) is 2.99. The van der Waals surface area contributed by atoms with Crippen molar-refractivity contribution in [3.63, 3.8) is 0 Å². The second kappa shape index (κ2) is 7.41. The smallest absolute Gasteiger partial charge is 0.252 e. The molecular weight excluding hydrogens is 264 g/mol. The number of rotatable bonds is 6. The second-order valence-corrected chi connectivity index (χ2v) is 5.83. The quantitative estimate of drug-likeness (QED) is 0.838. The summed E-state index contributed by atoms with van der Waals surface area (Å²) < 4.78 is 0. The Morgan fingerprint density at radius 1 is 1.62 bits per heavy atom. The first kappa shape index (κ1) is 15.8. The Morgan fingerprint density at radius 3 is 3.14 bits per heavy atom. The number of anilines is 1. The zero-order chi connectivity index (χ0) is 15.2. The molecule has 5 nitrogen and oxygen atoms in total. The van der Waals surface area contributed by atoms with Crippen molar-refractivity contribution in [1.82, 2.24) is 10.3 Å². The highest BCUT2D eigenvalue weighted by Gasteiger charge is 2.26. The summed E-state index contributed by atoms with van der Waals surface area (Å²) in [4.78, 5) is 18.2. The van der Waals surface area contributed by atoms with E-state index in [2.05, 4.69) is 29.0 Å². The second-order valence-electron chi connectivity index (χ2n) is 5.83. The molecule has 0 aliphatic carbocycles. The molecule has 1 aromatic rings. The first-order chi connectivity index (χ1) is 10.1. The van der Waals surface area contributed by atoms with E-state index >= 15 is 0 Å². The number of nitrogens with zero attached hydrogens (tertiary/aromatic N) is 2. The Kier molecular flexibility index (Phi) is 5.56. The van der Waals surface area contributed by atoms with E-state index in [9.17, 15) is 4.79 Å². The Bertz CT molecular complexity index is 477. The van der Waals surface area contributed by atoms with Crippen LogP contribution in [0.5, 0.6) is 0 Å². The number of pyridine rings is 1. The average Bonchev–Trinajstić information content (AvgIpc) is 2.52. The van der Waals surface area contributed by atoms with Gasteiger partial charge in [-0.3, -0.25) is 4.79 Å². The van der Waals surface area contributed by atoms with E-state index in [0.717, 1.165) is 38.3 Å². The van der Waals surface area contributed by atoms with Crippen molar-refractivity contribution in [3.8, 4) is 0 Å². The average molecular weight is 290 g/mol. The highest BCUT2D eigenvalue weighted by atomic mass is 16.1. The summed E-state index contributed by atoms with van der Waals surface area (Å²) in [6.07, 6.45) is 5.21. The Morgan fingerprint density at radius 2 is 2.43 bits per heavy atom. The number of aromatic nitrogens is 1. The van der Waals surface area contributed by atoms with Gasteiger partial charge in [0.1, 0.15) is 5.82 Å². The number of carbonyl (C=O) groups is 1. The van der Waals surface area contributed by atoms with Gasteiger partial charge in [0.05, 0.1) is 5.56 Å². The molecule has 0 saturated carbocycles. The van der Waals surface area contributed by atoms with Crippen LogP contribution in [0.1, 0.15) is 43.5 Å². The summed E-state index contributed by atoms with van der Waals surface area (Å²) in [5.41, 5.74) is 5.98. The third kappa shape index (κ3) is 3.94. The summed E-state index contributed by atoms with van der Waals surface area (Å²) in [6, 6.07) is 4.00. The largest absolute Gasteiger partial charge is 0.365 e. The van der Waals surface area contributed by atoms with Gasteiger partial charge in [0.2, 0.25) is 0 Å². The predicted molar refractivity (Wildman–Crippen MR) is 85.4 cm³/mol. The van der Waals surface area contributed by atoms with Crippen LogP contribution in [0.2, 0.25) is 0 Å². The zero-order valence-corrected chi connectivity index (χ0v) is 13.0. The van der Waals surface area contributed by atoms with Crippen molar-refractivity contribution in [2.75, 3.05) is 24.5 Å². The molecule has 1 aliphatic heterocycles. The van der Waals surface area contributed by atoms with Crippen LogP contribution in [0.3, 0.4) is 0 Å². The van der Waals surface area contributed by atoms with E-state index in [1.54, 1.807) is 18.3 Å². The minimum atomic E-state index is -0.405. The third-order valence-corrected chi connectivity index (χ3v) is 4.23. The molecule has 1 amide bonds. The molecule has 0 aromatic carbocycles. The van der Waals surface area contributed by atoms with Crippen molar-refractivity contribution in [3.05, 3.63) is 23.9 Å². The number of amides is 1. The molecule has 1 aliphatic rings. The maximum Gasteiger partial charge on any atom is 0.252 e. The lowest BCUT2D eigenvalue weighted by atomic mass is 9.91. The number of hydrogen-bond donors (Lipinski definition) is 2. The van der Waals surface area contributed by atoms with E-state index in [-0.39, 0.29) is 0 Å². The van der Waals surface area contributed by atoms with E-state index in [1.165, 1.54) is 6.42 Å². The van der Waals surface area contributed by atoms with Crippen LogP contribution >= 0.6 is 0 Å². The number of hydrogen-bond acceptors (Lipinski definition) is 4. The molecule has 2 rings (SSSR count). The van der Waals surface area contributed by atoms with Gasteiger partial charge in [-0.25, -0.2) is 4.98 Å². The van der Waals surface area contributed by atoms with E-state index in [0.29, 0.717) is 17.5 Å². The summed E-state index contributed by atoms with van der Waals surface area (Å²) in [5, 5.41) is 3.57. The van der Waals surface area contributed by atoms with Crippen LogP contribution in [0.25, 0.3) is 0 Å². The lowest BCUT2D eigenvalue weighted by molar-refractivity contribution is 0.100. The molecule has 1 saturated heterocycles. The van der Waals surface area contributed by atoms with Gasteiger partial charge in [-0.2, -0.15) is 0 Å². The molecule has 1 aromatic heterocycles. The number of nitrogens with two attached hydrogens (primary N) is 1. The van der Waals surface area contributed by atoms with Crippen molar-refractivity contribution >= 4 is 11.7 Å². The first-order valence-electron chi connectivity index (χ1n) is 7.86. The van der Waals surface area contributed by atoms with Crippen molar-refractivity contribution in [1.29, 1.82) is 0 Å². The summed E-state index contributed by atoms with van der Waals surface area (Å²) in [6.45, 7) is 7.34. The normalized spacial score (nSPS) is 20.3. The maximum atomic E-state index is 11.6. The highest BCUT2D eigenvalue weighted by Crippen LogP contribution is 2.26. The summed E-state index contributed by atoms with van der Waals surface area (Å²) >= 11 is 0. The van der Waals surface area contributed by atoms with Gasteiger partial charge in [0.15, 0.2) is 0 Å². The molecule has 3 N–H and O–H groups in total. The lowest BCUT2D eigenvalue weighted by Crippen LogP contribution is -2.45. The SMILES string of the molecule is CCCNC(C)C1CCCN(c2ncccc2C(N)=O)C1. The van der Waals surface area contributed by atoms with Crippen LogP contribution in [0, 0.1) is 5.92 Å². The van der Waals surface area contributed by atoms with E-state index in [4.69, 9.17) is 5.73 Å². The maximum absolute atomic E-state index is 11.6. The molecule has 116 valence electrons. The van der Waals surface area contributed by atoms with E-state index < -0.39 is 5.91 Å². The van der Waals surface area contributed by atoms with Gasteiger partial charge in [0, 0.05) is 25.3 Å². The molecule has 5 heteroatoms. The topological polar surface area (TPSA) is 71.2 Å². The van der Waals surface area contributed by atoms with Crippen molar-refractivity contribution < 1.29 is 4.79 Å². The highest BCUT2D eigenvalue weighted by molar-refractivity contribution is 5.97. The third-order valence-electron chi connectivity index (χ3n) is 4.23. The fourth-order valence-electron chi connectivity index (χ4n) is 2.99. The fraction of sp³-hybridized carbons (Fsp3) is 0.625.